The summed E-state index contributed by atoms with van der Waals surface area (Å²) in [5.74, 6) is -0.516. The number of hydrogen-bond acceptors (Lipinski definition) is 3. The fourth-order valence-corrected chi connectivity index (χ4v) is 1.52. The maximum atomic E-state index is 13.3. The summed E-state index contributed by atoms with van der Waals surface area (Å²) in [4.78, 5) is 11.5. The molecule has 1 unspecified atom stereocenters. The summed E-state index contributed by atoms with van der Waals surface area (Å²) in [6.45, 7) is 0.317. The zero-order valence-electron chi connectivity index (χ0n) is 10.4. The monoisotopic (exact) mass is 255 g/mol. The average Bonchev–Trinajstić information content (AvgIpc) is 2.36. The Labute approximate surface area is 106 Å². The Hall–Kier alpha value is -1.46. The van der Waals surface area contributed by atoms with E-state index in [4.69, 9.17) is 4.74 Å². The van der Waals surface area contributed by atoms with Crippen LogP contribution < -0.4 is 5.32 Å². The third kappa shape index (κ3) is 5.25. The number of aliphatic hydroxyl groups excluding tert-OH is 1. The first kappa shape index (κ1) is 14.6. The van der Waals surface area contributed by atoms with Crippen LogP contribution in [0.5, 0.6) is 0 Å². The van der Waals surface area contributed by atoms with Crippen LogP contribution in [0.4, 0.5) is 4.39 Å². The van der Waals surface area contributed by atoms with Crippen LogP contribution in [0.15, 0.2) is 24.3 Å². The minimum Gasteiger partial charge on any atom is -0.389 e. The van der Waals surface area contributed by atoms with Crippen molar-refractivity contribution in [3.05, 3.63) is 35.6 Å². The van der Waals surface area contributed by atoms with Gasteiger partial charge in [0.25, 0.3) is 0 Å². The van der Waals surface area contributed by atoms with Gasteiger partial charge in [0, 0.05) is 20.1 Å². The van der Waals surface area contributed by atoms with Crippen LogP contribution in [0.2, 0.25) is 0 Å². The van der Waals surface area contributed by atoms with Crippen LogP contribution in [0, 0.1) is 5.82 Å². The number of nitrogens with one attached hydrogen (secondary N) is 1. The lowest BCUT2D eigenvalue weighted by molar-refractivity contribution is -0.121. The van der Waals surface area contributed by atoms with E-state index in [1.807, 2.05) is 0 Å². The quantitative estimate of drug-likeness (QED) is 0.760. The van der Waals surface area contributed by atoms with Crippen molar-refractivity contribution >= 4 is 5.91 Å². The summed E-state index contributed by atoms with van der Waals surface area (Å²) in [7, 11) is 1.48. The molecule has 2 N–H and O–H groups in total. The molecule has 1 rings (SSSR count). The van der Waals surface area contributed by atoms with Crippen LogP contribution in [0.1, 0.15) is 12.0 Å². The molecule has 1 amide bonds. The van der Waals surface area contributed by atoms with E-state index in [1.54, 1.807) is 18.2 Å². The molecule has 1 aromatic carbocycles. The number of halogens is 1. The number of aliphatic hydroxyl groups is 1. The Bertz CT molecular complexity index is 384. The van der Waals surface area contributed by atoms with Crippen molar-refractivity contribution in [1.29, 1.82) is 0 Å². The lowest BCUT2D eigenvalue weighted by Crippen LogP contribution is -2.34. The maximum Gasteiger partial charge on any atom is 0.220 e. The van der Waals surface area contributed by atoms with Crippen molar-refractivity contribution in [3.8, 4) is 0 Å². The highest BCUT2D eigenvalue weighted by molar-refractivity contribution is 5.76. The van der Waals surface area contributed by atoms with Gasteiger partial charge < -0.3 is 15.2 Å². The highest BCUT2D eigenvalue weighted by Gasteiger charge is 2.08. The summed E-state index contributed by atoms with van der Waals surface area (Å²) in [6, 6.07) is 6.37. The fraction of sp³-hybridized carbons (Fsp3) is 0.462. The van der Waals surface area contributed by atoms with Gasteiger partial charge in [0.05, 0.1) is 12.7 Å². The number of methoxy groups -OCH3 is 1. The summed E-state index contributed by atoms with van der Waals surface area (Å²) < 4.78 is 18.0. The molecule has 0 spiro atoms. The molecule has 0 saturated carbocycles. The van der Waals surface area contributed by atoms with E-state index in [0.717, 1.165) is 0 Å². The van der Waals surface area contributed by atoms with E-state index in [0.29, 0.717) is 12.0 Å². The van der Waals surface area contributed by atoms with Crippen LogP contribution in [-0.4, -0.2) is 37.4 Å². The third-order valence-electron chi connectivity index (χ3n) is 2.47. The first-order chi connectivity index (χ1) is 8.63. The Morgan fingerprint density at radius 2 is 2.22 bits per heavy atom. The number of rotatable bonds is 7. The van der Waals surface area contributed by atoms with E-state index in [-0.39, 0.29) is 31.3 Å². The smallest absolute Gasteiger partial charge is 0.220 e. The van der Waals surface area contributed by atoms with Crippen LogP contribution in [0.3, 0.4) is 0 Å². The summed E-state index contributed by atoms with van der Waals surface area (Å²) >= 11 is 0. The summed E-state index contributed by atoms with van der Waals surface area (Å²) in [5, 5.41) is 11.9. The van der Waals surface area contributed by atoms with Gasteiger partial charge in [0.15, 0.2) is 0 Å². The molecular formula is C13H18FNO3. The molecule has 0 heterocycles. The molecule has 0 bridgehead atoms. The second kappa shape index (κ2) is 7.79. The first-order valence-corrected chi connectivity index (χ1v) is 5.80. The molecule has 0 aliphatic carbocycles. The summed E-state index contributed by atoms with van der Waals surface area (Å²) in [5.41, 5.74) is 0.519. The molecule has 0 aliphatic rings. The SMILES string of the molecule is COCC(O)CNC(=O)CCc1ccccc1F. The second-order valence-electron chi connectivity index (χ2n) is 4.00. The number of amides is 1. The first-order valence-electron chi connectivity index (χ1n) is 5.80. The van der Waals surface area contributed by atoms with Crippen molar-refractivity contribution in [3.63, 3.8) is 0 Å². The second-order valence-corrected chi connectivity index (χ2v) is 4.00. The zero-order chi connectivity index (χ0) is 13.4. The van der Waals surface area contributed by atoms with Gasteiger partial charge in [-0.2, -0.15) is 0 Å². The van der Waals surface area contributed by atoms with Gasteiger partial charge in [0.1, 0.15) is 5.82 Å². The predicted octanol–water partition coefficient (Wildman–Crippen LogP) is 0.882. The molecule has 1 atom stereocenters. The van der Waals surface area contributed by atoms with Crippen molar-refractivity contribution < 1.29 is 19.0 Å². The molecule has 4 nitrogen and oxygen atoms in total. The van der Waals surface area contributed by atoms with Crippen molar-refractivity contribution in [2.45, 2.75) is 18.9 Å². The van der Waals surface area contributed by atoms with Gasteiger partial charge in [-0.15, -0.1) is 0 Å². The number of carbonyl (C=O) groups is 1. The van der Waals surface area contributed by atoms with Gasteiger partial charge in [-0.3, -0.25) is 4.79 Å². The van der Waals surface area contributed by atoms with Crippen molar-refractivity contribution in [1.82, 2.24) is 5.32 Å². The summed E-state index contributed by atoms with van der Waals surface area (Å²) in [6.07, 6.45) is -0.174. The Balaban J connectivity index is 2.27. The Morgan fingerprint density at radius 3 is 2.89 bits per heavy atom. The van der Waals surface area contributed by atoms with Crippen molar-refractivity contribution in [2.24, 2.45) is 0 Å². The van der Waals surface area contributed by atoms with Crippen molar-refractivity contribution in [2.75, 3.05) is 20.3 Å². The molecule has 100 valence electrons. The molecule has 0 aliphatic heterocycles. The van der Waals surface area contributed by atoms with E-state index in [1.165, 1.54) is 13.2 Å². The topological polar surface area (TPSA) is 58.6 Å². The largest absolute Gasteiger partial charge is 0.389 e. The molecular weight excluding hydrogens is 237 g/mol. The molecule has 0 aromatic heterocycles. The van der Waals surface area contributed by atoms with Gasteiger partial charge >= 0.3 is 0 Å². The molecule has 0 saturated heterocycles. The normalized spacial score (nSPS) is 12.2. The Kier molecular flexibility index (Phi) is 6.32. The van der Waals surface area contributed by atoms with Gasteiger partial charge in [-0.25, -0.2) is 4.39 Å². The fourth-order valence-electron chi connectivity index (χ4n) is 1.52. The maximum absolute atomic E-state index is 13.3. The number of carbonyl (C=O) groups excluding carboxylic acids is 1. The van der Waals surface area contributed by atoms with Gasteiger partial charge in [-0.1, -0.05) is 18.2 Å². The van der Waals surface area contributed by atoms with Gasteiger partial charge in [0.2, 0.25) is 5.91 Å². The van der Waals surface area contributed by atoms with E-state index < -0.39 is 6.10 Å². The number of hydrogen-bond donors (Lipinski definition) is 2. The molecule has 1 aromatic rings. The standard InChI is InChI=1S/C13H18FNO3/c1-18-9-11(16)8-15-13(17)7-6-10-4-2-3-5-12(10)14/h2-5,11,16H,6-9H2,1H3,(H,15,17). The molecule has 0 fully saturated rings. The van der Waals surface area contributed by atoms with Crippen LogP contribution in [-0.2, 0) is 16.0 Å². The molecule has 18 heavy (non-hydrogen) atoms. The predicted molar refractivity (Wildman–Crippen MR) is 65.6 cm³/mol. The minimum atomic E-state index is -0.715. The number of benzene rings is 1. The van der Waals surface area contributed by atoms with E-state index in [2.05, 4.69) is 5.32 Å². The third-order valence-corrected chi connectivity index (χ3v) is 2.47. The molecule has 0 radical (unpaired) electrons. The van der Waals surface area contributed by atoms with Crippen LogP contribution >= 0.6 is 0 Å². The van der Waals surface area contributed by atoms with Gasteiger partial charge in [-0.05, 0) is 18.1 Å². The minimum absolute atomic E-state index is 0.143. The molecule has 5 heteroatoms. The van der Waals surface area contributed by atoms with E-state index in [9.17, 15) is 14.3 Å². The average molecular weight is 255 g/mol. The lowest BCUT2D eigenvalue weighted by Gasteiger charge is -2.10. The Morgan fingerprint density at radius 1 is 1.50 bits per heavy atom. The van der Waals surface area contributed by atoms with Crippen LogP contribution in [0.25, 0.3) is 0 Å². The van der Waals surface area contributed by atoms with E-state index >= 15 is 0 Å². The lowest BCUT2D eigenvalue weighted by atomic mass is 10.1. The number of ether oxygens (including phenoxy) is 1. The highest BCUT2D eigenvalue weighted by atomic mass is 19.1. The highest BCUT2D eigenvalue weighted by Crippen LogP contribution is 2.08. The zero-order valence-corrected chi connectivity index (χ0v) is 10.4. The number of aryl methyl sites for hydroxylation is 1.